The van der Waals surface area contributed by atoms with Gasteiger partial charge in [-0.15, -0.1) is 0 Å². The van der Waals surface area contributed by atoms with E-state index in [-0.39, 0.29) is 5.97 Å². The SMILES string of the molecule is COC(=O)c1ccc(C2CCC(N3CC[C@@H](c4ccccc4)[C@H](C)C3)C2)c(C)c1. The second-order valence-corrected chi connectivity index (χ2v) is 9.00. The normalized spacial score (nSPS) is 27.7. The van der Waals surface area contributed by atoms with E-state index >= 15 is 0 Å². The summed E-state index contributed by atoms with van der Waals surface area (Å²) in [5.41, 5.74) is 4.78. The summed E-state index contributed by atoms with van der Waals surface area (Å²) in [6.07, 6.45) is 5.03. The topological polar surface area (TPSA) is 29.5 Å². The van der Waals surface area contributed by atoms with E-state index in [1.54, 1.807) is 0 Å². The molecule has 2 aliphatic rings. The summed E-state index contributed by atoms with van der Waals surface area (Å²) >= 11 is 0. The van der Waals surface area contributed by atoms with Crippen LogP contribution >= 0.6 is 0 Å². The van der Waals surface area contributed by atoms with E-state index in [1.165, 1.54) is 62.6 Å². The predicted octanol–water partition coefficient (Wildman–Crippen LogP) is 5.54. The monoisotopic (exact) mass is 391 g/mol. The van der Waals surface area contributed by atoms with Crippen molar-refractivity contribution in [3.05, 3.63) is 70.8 Å². The first kappa shape index (κ1) is 20.2. The number of methoxy groups -OCH3 is 1. The number of nitrogens with zero attached hydrogens (tertiary/aromatic N) is 1. The number of hydrogen-bond acceptors (Lipinski definition) is 3. The number of carbonyl (C=O) groups is 1. The molecular formula is C26H33NO2. The molecule has 3 nitrogen and oxygen atoms in total. The van der Waals surface area contributed by atoms with E-state index in [9.17, 15) is 4.79 Å². The van der Waals surface area contributed by atoms with Gasteiger partial charge in [0.2, 0.25) is 0 Å². The van der Waals surface area contributed by atoms with Gasteiger partial charge in [-0.25, -0.2) is 4.79 Å². The van der Waals surface area contributed by atoms with E-state index in [1.807, 2.05) is 12.1 Å². The quantitative estimate of drug-likeness (QED) is 0.641. The summed E-state index contributed by atoms with van der Waals surface area (Å²) in [6, 6.07) is 17.8. The number of ether oxygens (including phenoxy) is 1. The Balaban J connectivity index is 1.39. The molecule has 1 aliphatic carbocycles. The number of hydrogen-bond donors (Lipinski definition) is 0. The smallest absolute Gasteiger partial charge is 0.337 e. The van der Waals surface area contributed by atoms with Gasteiger partial charge < -0.3 is 9.64 Å². The molecule has 2 aromatic rings. The summed E-state index contributed by atoms with van der Waals surface area (Å²) in [4.78, 5) is 14.5. The van der Waals surface area contributed by atoms with E-state index in [4.69, 9.17) is 4.74 Å². The number of aryl methyl sites for hydroxylation is 1. The molecular weight excluding hydrogens is 358 g/mol. The molecule has 3 heteroatoms. The fourth-order valence-corrected chi connectivity index (χ4v) is 5.66. The zero-order chi connectivity index (χ0) is 20.4. The molecule has 2 aromatic carbocycles. The van der Waals surface area contributed by atoms with Crippen molar-refractivity contribution < 1.29 is 9.53 Å². The number of piperidine rings is 1. The van der Waals surface area contributed by atoms with E-state index in [0.29, 0.717) is 29.4 Å². The van der Waals surface area contributed by atoms with Crippen molar-refractivity contribution in [3.63, 3.8) is 0 Å². The third kappa shape index (κ3) is 4.25. The number of carbonyl (C=O) groups excluding carboxylic acids is 1. The molecule has 0 spiro atoms. The molecule has 2 unspecified atom stereocenters. The van der Waals surface area contributed by atoms with Gasteiger partial charge in [-0.1, -0.05) is 43.3 Å². The predicted molar refractivity (Wildman–Crippen MR) is 117 cm³/mol. The van der Waals surface area contributed by atoms with Crippen LogP contribution in [-0.2, 0) is 4.74 Å². The number of benzene rings is 2. The molecule has 1 saturated heterocycles. The van der Waals surface area contributed by atoms with Crippen LogP contribution in [0.5, 0.6) is 0 Å². The molecule has 154 valence electrons. The molecule has 4 atom stereocenters. The number of likely N-dealkylation sites (tertiary alicyclic amines) is 1. The fraction of sp³-hybridized carbons (Fsp3) is 0.500. The average molecular weight is 392 g/mol. The van der Waals surface area contributed by atoms with Crippen molar-refractivity contribution in [2.24, 2.45) is 5.92 Å². The molecule has 0 N–H and O–H groups in total. The first-order valence-corrected chi connectivity index (χ1v) is 11.0. The van der Waals surface area contributed by atoms with Crippen LogP contribution in [0.25, 0.3) is 0 Å². The molecule has 0 radical (unpaired) electrons. The lowest BCUT2D eigenvalue weighted by Crippen LogP contribution is -2.43. The highest BCUT2D eigenvalue weighted by Crippen LogP contribution is 2.41. The number of esters is 1. The van der Waals surface area contributed by atoms with Gasteiger partial charge in [-0.05, 0) is 85.7 Å². The van der Waals surface area contributed by atoms with Crippen LogP contribution in [-0.4, -0.2) is 37.1 Å². The second-order valence-electron chi connectivity index (χ2n) is 9.00. The Labute approximate surface area is 175 Å². The lowest BCUT2D eigenvalue weighted by atomic mass is 9.81. The van der Waals surface area contributed by atoms with Gasteiger partial charge in [0.05, 0.1) is 12.7 Å². The van der Waals surface area contributed by atoms with Crippen LogP contribution in [0.4, 0.5) is 0 Å². The van der Waals surface area contributed by atoms with E-state index in [0.717, 1.165) is 0 Å². The minimum Gasteiger partial charge on any atom is -0.465 e. The largest absolute Gasteiger partial charge is 0.465 e. The first-order chi connectivity index (χ1) is 14.1. The van der Waals surface area contributed by atoms with Gasteiger partial charge in [0.1, 0.15) is 0 Å². The highest BCUT2D eigenvalue weighted by Gasteiger charge is 2.35. The molecule has 1 saturated carbocycles. The van der Waals surface area contributed by atoms with Crippen molar-refractivity contribution in [1.29, 1.82) is 0 Å². The first-order valence-electron chi connectivity index (χ1n) is 11.0. The molecule has 2 fully saturated rings. The van der Waals surface area contributed by atoms with Gasteiger partial charge in [0.25, 0.3) is 0 Å². The summed E-state index contributed by atoms with van der Waals surface area (Å²) in [7, 11) is 1.44. The molecule has 29 heavy (non-hydrogen) atoms. The Morgan fingerprint density at radius 2 is 1.86 bits per heavy atom. The second kappa shape index (κ2) is 8.71. The summed E-state index contributed by atoms with van der Waals surface area (Å²) in [5.74, 6) is 1.75. The van der Waals surface area contributed by atoms with E-state index in [2.05, 4.69) is 55.1 Å². The van der Waals surface area contributed by atoms with Crippen molar-refractivity contribution >= 4 is 5.97 Å². The Hall–Kier alpha value is -2.13. The Morgan fingerprint density at radius 1 is 1.07 bits per heavy atom. The van der Waals surface area contributed by atoms with E-state index < -0.39 is 0 Å². The van der Waals surface area contributed by atoms with Gasteiger partial charge >= 0.3 is 5.97 Å². The third-order valence-corrected chi connectivity index (χ3v) is 7.22. The van der Waals surface area contributed by atoms with Gasteiger partial charge in [-0.2, -0.15) is 0 Å². The van der Waals surface area contributed by atoms with Gasteiger partial charge in [0.15, 0.2) is 0 Å². The maximum atomic E-state index is 11.8. The Morgan fingerprint density at radius 3 is 2.55 bits per heavy atom. The lowest BCUT2D eigenvalue weighted by Gasteiger charge is -2.40. The standard InChI is InChI=1S/C26H33NO2/c1-18-15-22(26(28)29-3)10-12-24(18)21-9-11-23(16-21)27-14-13-25(19(2)17-27)20-7-5-4-6-8-20/h4-8,10,12,15,19,21,23,25H,9,11,13-14,16-17H2,1-3H3/t19-,21?,23?,25-/m1/s1. The maximum Gasteiger partial charge on any atom is 0.337 e. The van der Waals surface area contributed by atoms with Crippen LogP contribution in [0.1, 0.15) is 71.5 Å². The maximum absolute atomic E-state index is 11.8. The van der Waals surface area contributed by atoms with Crippen LogP contribution in [0.3, 0.4) is 0 Å². The molecule has 0 aromatic heterocycles. The minimum absolute atomic E-state index is 0.251. The van der Waals surface area contributed by atoms with Crippen LogP contribution in [0.15, 0.2) is 48.5 Å². The van der Waals surface area contributed by atoms with Crippen LogP contribution in [0.2, 0.25) is 0 Å². The lowest BCUT2D eigenvalue weighted by molar-refractivity contribution is 0.0600. The summed E-state index contributed by atoms with van der Waals surface area (Å²) in [5, 5.41) is 0. The Kier molecular flexibility index (Phi) is 6.05. The highest BCUT2D eigenvalue weighted by molar-refractivity contribution is 5.89. The highest BCUT2D eigenvalue weighted by atomic mass is 16.5. The van der Waals surface area contributed by atoms with Crippen molar-refractivity contribution in [3.8, 4) is 0 Å². The molecule has 1 aliphatic heterocycles. The zero-order valence-corrected chi connectivity index (χ0v) is 17.9. The van der Waals surface area contributed by atoms with Crippen LogP contribution in [0, 0.1) is 12.8 Å². The molecule has 4 rings (SSSR count). The fourth-order valence-electron chi connectivity index (χ4n) is 5.66. The van der Waals surface area contributed by atoms with Crippen LogP contribution < -0.4 is 0 Å². The summed E-state index contributed by atoms with van der Waals surface area (Å²) < 4.78 is 4.86. The van der Waals surface area contributed by atoms with Gasteiger partial charge in [-0.3, -0.25) is 0 Å². The van der Waals surface area contributed by atoms with Crippen molar-refractivity contribution in [2.75, 3.05) is 20.2 Å². The molecule has 0 amide bonds. The van der Waals surface area contributed by atoms with Gasteiger partial charge in [0, 0.05) is 12.6 Å². The van der Waals surface area contributed by atoms with Crippen molar-refractivity contribution in [2.45, 2.75) is 57.4 Å². The van der Waals surface area contributed by atoms with Crippen molar-refractivity contribution in [1.82, 2.24) is 4.90 Å². The third-order valence-electron chi connectivity index (χ3n) is 7.22. The zero-order valence-electron chi connectivity index (χ0n) is 17.9. The summed E-state index contributed by atoms with van der Waals surface area (Å²) in [6.45, 7) is 6.97. The minimum atomic E-state index is -0.251. The average Bonchev–Trinajstić information content (AvgIpc) is 3.23. The molecule has 0 bridgehead atoms. The number of rotatable bonds is 4. The Bertz CT molecular complexity index is 847. The molecule has 1 heterocycles.